The smallest absolute Gasteiger partial charge is 0.315 e. The maximum absolute atomic E-state index is 12.3. The fraction of sp³-hybridized carbons (Fsp3) is 0.367. The number of carbonyl (C=O) groups is 1. The van der Waals surface area contributed by atoms with Crippen LogP contribution < -0.4 is 29.7 Å². The van der Waals surface area contributed by atoms with Crippen LogP contribution in [-0.4, -0.2) is 64.0 Å². The summed E-state index contributed by atoms with van der Waals surface area (Å²) >= 11 is 12.6. The molecule has 214 valence electrons. The molecule has 10 heteroatoms. The van der Waals surface area contributed by atoms with Gasteiger partial charge in [0.25, 0.3) is 0 Å². The monoisotopic (exact) mass is 586 g/mol. The third-order valence-corrected chi connectivity index (χ3v) is 7.49. The number of hydrogen-bond acceptors (Lipinski definition) is 6. The molecule has 1 fully saturated rings. The topological polar surface area (TPSA) is 75.3 Å². The van der Waals surface area contributed by atoms with Gasteiger partial charge in [-0.25, -0.2) is 4.79 Å². The fourth-order valence-electron chi connectivity index (χ4n) is 4.47. The first-order valence-corrected chi connectivity index (χ1v) is 14.2. The number of urea groups is 1. The van der Waals surface area contributed by atoms with Gasteiger partial charge in [-0.05, 0) is 54.4 Å². The summed E-state index contributed by atoms with van der Waals surface area (Å²) in [4.78, 5) is 16.9. The summed E-state index contributed by atoms with van der Waals surface area (Å²) in [7, 11) is 1.61. The maximum Gasteiger partial charge on any atom is 0.315 e. The molecule has 0 aliphatic carbocycles. The Bertz CT molecular complexity index is 1250. The van der Waals surface area contributed by atoms with Crippen molar-refractivity contribution < 1.29 is 19.0 Å². The highest BCUT2D eigenvalue weighted by atomic mass is 35.5. The van der Waals surface area contributed by atoms with E-state index < -0.39 is 0 Å². The third kappa shape index (κ3) is 8.34. The van der Waals surface area contributed by atoms with Gasteiger partial charge in [0.15, 0.2) is 11.5 Å². The van der Waals surface area contributed by atoms with Crippen molar-refractivity contribution in [2.75, 3.05) is 57.9 Å². The second-order valence-corrected chi connectivity index (χ2v) is 10.1. The average molecular weight is 588 g/mol. The molecule has 0 radical (unpaired) electrons. The SMILES string of the molecule is CCOc1ccc(CNC(=O)NCc2ccc(OCCN3CCN(c4cccc(Cl)c4Cl)CC3)c(OC)c2)cc1. The summed E-state index contributed by atoms with van der Waals surface area (Å²) in [6, 6.07) is 18.9. The van der Waals surface area contributed by atoms with E-state index in [2.05, 4.69) is 20.4 Å². The van der Waals surface area contributed by atoms with Gasteiger partial charge in [-0.15, -0.1) is 0 Å². The minimum atomic E-state index is -0.245. The van der Waals surface area contributed by atoms with Crippen LogP contribution in [0.1, 0.15) is 18.1 Å². The van der Waals surface area contributed by atoms with Crippen molar-refractivity contribution >= 4 is 34.9 Å². The van der Waals surface area contributed by atoms with Crippen molar-refractivity contribution in [3.05, 3.63) is 81.8 Å². The predicted molar refractivity (Wildman–Crippen MR) is 160 cm³/mol. The molecule has 0 bridgehead atoms. The van der Waals surface area contributed by atoms with Crippen molar-refractivity contribution in [1.82, 2.24) is 15.5 Å². The van der Waals surface area contributed by atoms with E-state index >= 15 is 0 Å². The van der Waals surface area contributed by atoms with Gasteiger partial charge < -0.3 is 29.7 Å². The Morgan fingerprint density at radius 1 is 0.875 bits per heavy atom. The van der Waals surface area contributed by atoms with Crippen LogP contribution in [0.15, 0.2) is 60.7 Å². The van der Waals surface area contributed by atoms with Crippen LogP contribution >= 0.6 is 23.2 Å². The summed E-state index contributed by atoms with van der Waals surface area (Å²) in [6.45, 7) is 8.28. The largest absolute Gasteiger partial charge is 0.494 e. The summed E-state index contributed by atoms with van der Waals surface area (Å²) in [6.07, 6.45) is 0. The summed E-state index contributed by atoms with van der Waals surface area (Å²) < 4.78 is 17.0. The lowest BCUT2D eigenvalue weighted by molar-refractivity contribution is 0.197. The third-order valence-electron chi connectivity index (χ3n) is 6.68. The Kier molecular flexibility index (Phi) is 11.0. The van der Waals surface area contributed by atoms with E-state index in [-0.39, 0.29) is 6.03 Å². The van der Waals surface area contributed by atoms with Gasteiger partial charge in [0.2, 0.25) is 0 Å². The summed E-state index contributed by atoms with van der Waals surface area (Å²) in [5.74, 6) is 2.13. The predicted octanol–water partition coefficient (Wildman–Crippen LogP) is 5.60. The number of piperazine rings is 1. The molecular weight excluding hydrogens is 551 g/mol. The van der Waals surface area contributed by atoms with Crippen molar-refractivity contribution in [2.45, 2.75) is 20.0 Å². The first-order valence-electron chi connectivity index (χ1n) is 13.4. The summed E-state index contributed by atoms with van der Waals surface area (Å²) in [5.41, 5.74) is 2.89. The lowest BCUT2D eigenvalue weighted by atomic mass is 10.2. The number of ether oxygens (including phenoxy) is 3. The molecule has 4 rings (SSSR count). The number of anilines is 1. The standard InChI is InChI=1S/C30H36Cl2N4O4/c1-3-39-24-10-7-22(8-11-24)20-33-30(37)34-21-23-9-12-27(28(19-23)38-2)40-18-17-35-13-15-36(16-14-35)26-6-4-5-25(31)29(26)32/h4-12,19H,3,13-18,20-21H2,1-2H3,(H2,33,34,37). The van der Waals surface area contributed by atoms with Gasteiger partial charge in [-0.3, -0.25) is 4.90 Å². The molecule has 3 aromatic rings. The molecule has 3 aromatic carbocycles. The van der Waals surface area contributed by atoms with E-state index in [0.29, 0.717) is 47.8 Å². The molecule has 2 N–H and O–H groups in total. The normalized spacial score (nSPS) is 13.6. The van der Waals surface area contributed by atoms with Gasteiger partial charge in [0.05, 0.1) is 29.4 Å². The molecule has 0 spiro atoms. The Balaban J connectivity index is 1.18. The van der Waals surface area contributed by atoms with Crippen molar-refractivity contribution in [2.24, 2.45) is 0 Å². The number of rotatable bonds is 12. The number of benzene rings is 3. The highest BCUT2D eigenvalue weighted by Gasteiger charge is 2.20. The minimum Gasteiger partial charge on any atom is -0.494 e. The van der Waals surface area contributed by atoms with Crippen LogP contribution in [0.25, 0.3) is 0 Å². The minimum absolute atomic E-state index is 0.245. The molecule has 0 aromatic heterocycles. The molecular formula is C30H36Cl2N4O4. The number of hydrogen-bond donors (Lipinski definition) is 2. The lowest BCUT2D eigenvalue weighted by Crippen LogP contribution is -2.47. The molecule has 0 saturated carbocycles. The first-order chi connectivity index (χ1) is 19.5. The van der Waals surface area contributed by atoms with Crippen LogP contribution in [0.3, 0.4) is 0 Å². The average Bonchev–Trinajstić information content (AvgIpc) is 2.98. The molecule has 0 atom stereocenters. The molecule has 0 unspecified atom stereocenters. The first kappa shape index (κ1) is 29.6. The quantitative estimate of drug-likeness (QED) is 0.288. The Hall–Kier alpha value is -3.33. The van der Waals surface area contributed by atoms with E-state index in [4.69, 9.17) is 37.4 Å². The van der Waals surface area contributed by atoms with E-state index in [9.17, 15) is 4.79 Å². The molecule has 8 nitrogen and oxygen atoms in total. The second-order valence-electron chi connectivity index (χ2n) is 9.35. The van der Waals surface area contributed by atoms with Gasteiger partial charge in [-0.2, -0.15) is 0 Å². The van der Waals surface area contributed by atoms with Crippen LogP contribution in [-0.2, 0) is 13.1 Å². The Morgan fingerprint density at radius 2 is 1.57 bits per heavy atom. The maximum atomic E-state index is 12.3. The highest BCUT2D eigenvalue weighted by molar-refractivity contribution is 6.43. The van der Waals surface area contributed by atoms with Crippen LogP contribution in [0.4, 0.5) is 10.5 Å². The van der Waals surface area contributed by atoms with E-state index in [1.54, 1.807) is 13.2 Å². The van der Waals surface area contributed by atoms with Crippen molar-refractivity contribution in [1.29, 1.82) is 0 Å². The lowest BCUT2D eigenvalue weighted by Gasteiger charge is -2.36. The van der Waals surface area contributed by atoms with Gasteiger partial charge in [0, 0.05) is 45.8 Å². The zero-order valence-electron chi connectivity index (χ0n) is 22.9. The van der Waals surface area contributed by atoms with E-state index in [0.717, 1.165) is 55.3 Å². The molecule has 1 heterocycles. The van der Waals surface area contributed by atoms with Gasteiger partial charge in [-0.1, -0.05) is 47.5 Å². The number of methoxy groups -OCH3 is 1. The van der Waals surface area contributed by atoms with Crippen molar-refractivity contribution in [3.63, 3.8) is 0 Å². The van der Waals surface area contributed by atoms with E-state index in [1.807, 2.05) is 61.5 Å². The van der Waals surface area contributed by atoms with Gasteiger partial charge in [0.1, 0.15) is 12.4 Å². The zero-order chi connectivity index (χ0) is 28.3. The van der Waals surface area contributed by atoms with Crippen LogP contribution in [0.5, 0.6) is 17.2 Å². The van der Waals surface area contributed by atoms with Gasteiger partial charge >= 0.3 is 6.03 Å². The number of halogens is 2. The number of nitrogens with zero attached hydrogens (tertiary/aromatic N) is 2. The summed E-state index contributed by atoms with van der Waals surface area (Å²) in [5, 5.41) is 6.94. The van der Waals surface area contributed by atoms with Crippen LogP contribution in [0, 0.1) is 0 Å². The molecule has 1 aliphatic heterocycles. The molecule has 1 saturated heterocycles. The molecule has 2 amide bonds. The second kappa shape index (κ2) is 14.9. The number of amides is 2. The van der Waals surface area contributed by atoms with Crippen molar-refractivity contribution in [3.8, 4) is 17.2 Å². The number of carbonyl (C=O) groups excluding carboxylic acids is 1. The fourth-order valence-corrected chi connectivity index (χ4v) is 4.89. The van der Waals surface area contributed by atoms with Crippen LogP contribution in [0.2, 0.25) is 10.0 Å². The Morgan fingerprint density at radius 3 is 2.27 bits per heavy atom. The molecule has 1 aliphatic rings. The van der Waals surface area contributed by atoms with E-state index in [1.165, 1.54) is 0 Å². The highest BCUT2D eigenvalue weighted by Crippen LogP contribution is 2.33. The molecule has 40 heavy (non-hydrogen) atoms. The number of nitrogens with one attached hydrogen (secondary N) is 2. The zero-order valence-corrected chi connectivity index (χ0v) is 24.4. The Labute approximate surface area is 246 Å².